The average molecular weight is 386 g/mol. The van der Waals surface area contributed by atoms with Crippen LogP contribution in [0, 0.1) is 5.82 Å². The van der Waals surface area contributed by atoms with Gasteiger partial charge in [-0.05, 0) is 36.1 Å². The molecule has 140 valence electrons. The number of nitrogens with zero attached hydrogens (tertiary/aromatic N) is 4. The van der Waals surface area contributed by atoms with Crippen LogP contribution >= 0.6 is 0 Å². The number of sulfonamides is 1. The third kappa shape index (κ3) is 4.06. The lowest BCUT2D eigenvalue weighted by Gasteiger charge is -2.20. The molecule has 1 aliphatic carbocycles. The molecular formula is C19H19FN4O2S. The van der Waals surface area contributed by atoms with Crippen molar-refractivity contribution in [3.8, 4) is 0 Å². The Hall–Kier alpha value is -2.58. The topological polar surface area (TPSA) is 68.1 Å². The van der Waals surface area contributed by atoms with Gasteiger partial charge in [0.25, 0.3) is 15.2 Å². The Balaban J connectivity index is 1.55. The van der Waals surface area contributed by atoms with Crippen molar-refractivity contribution in [2.75, 3.05) is 0 Å². The number of hydrogen-bond acceptors (Lipinski definition) is 4. The monoisotopic (exact) mass is 386 g/mol. The summed E-state index contributed by atoms with van der Waals surface area (Å²) in [5.74, 6) is -0.318. The van der Waals surface area contributed by atoms with Crippen LogP contribution in [0.5, 0.6) is 0 Å². The Kier molecular flexibility index (Phi) is 4.75. The summed E-state index contributed by atoms with van der Waals surface area (Å²) in [6.45, 7) is 0.630. The molecule has 1 aliphatic rings. The minimum atomic E-state index is -3.78. The largest absolute Gasteiger partial charge is 0.282 e. The fraction of sp³-hybridized carbons (Fsp3) is 0.263. The highest BCUT2D eigenvalue weighted by atomic mass is 32.2. The minimum Gasteiger partial charge on any atom is -0.247 e. The Bertz CT molecular complexity index is 1020. The Labute approximate surface area is 157 Å². The summed E-state index contributed by atoms with van der Waals surface area (Å²) >= 11 is 0. The second-order valence-corrected chi connectivity index (χ2v) is 8.40. The molecule has 2 aromatic carbocycles. The molecule has 4 rings (SSSR count). The van der Waals surface area contributed by atoms with E-state index in [0.717, 1.165) is 24.0 Å². The van der Waals surface area contributed by atoms with E-state index in [-0.39, 0.29) is 17.0 Å². The zero-order valence-corrected chi connectivity index (χ0v) is 15.4. The summed E-state index contributed by atoms with van der Waals surface area (Å²) < 4.78 is 42.1. The molecule has 0 radical (unpaired) electrons. The van der Waals surface area contributed by atoms with Crippen LogP contribution in [0.4, 0.5) is 4.39 Å². The molecule has 27 heavy (non-hydrogen) atoms. The summed E-state index contributed by atoms with van der Waals surface area (Å²) in [4.78, 5) is 4.02. The molecule has 0 amide bonds. The summed E-state index contributed by atoms with van der Waals surface area (Å²) in [6.07, 6.45) is 3.09. The second kappa shape index (κ2) is 7.21. The predicted octanol–water partition coefficient (Wildman–Crippen LogP) is 2.82. The van der Waals surface area contributed by atoms with Gasteiger partial charge in [0.05, 0.1) is 6.54 Å². The van der Waals surface area contributed by atoms with E-state index in [4.69, 9.17) is 0 Å². The maximum atomic E-state index is 13.1. The summed E-state index contributed by atoms with van der Waals surface area (Å²) in [7, 11) is -3.78. The van der Waals surface area contributed by atoms with Crippen LogP contribution in [-0.2, 0) is 23.1 Å². The van der Waals surface area contributed by atoms with E-state index in [1.807, 2.05) is 30.3 Å². The van der Waals surface area contributed by atoms with Gasteiger partial charge < -0.3 is 0 Å². The molecular weight excluding hydrogens is 367 g/mol. The van der Waals surface area contributed by atoms with Crippen LogP contribution in [0.2, 0.25) is 0 Å². The van der Waals surface area contributed by atoms with Gasteiger partial charge in [-0.3, -0.25) is 0 Å². The second-order valence-electron chi connectivity index (χ2n) is 6.62. The molecule has 0 aliphatic heterocycles. The van der Waals surface area contributed by atoms with Gasteiger partial charge in [0.2, 0.25) is 0 Å². The van der Waals surface area contributed by atoms with Gasteiger partial charge in [-0.25, -0.2) is 22.5 Å². The van der Waals surface area contributed by atoms with E-state index in [2.05, 4.69) is 10.1 Å². The van der Waals surface area contributed by atoms with Crippen molar-refractivity contribution in [1.82, 2.24) is 19.1 Å². The Morgan fingerprint density at radius 3 is 2.41 bits per heavy atom. The van der Waals surface area contributed by atoms with Crippen LogP contribution in [0.15, 0.2) is 66.1 Å². The number of hydrogen-bond donors (Lipinski definition) is 0. The SMILES string of the molecule is O=S(=O)(c1ncn(Cc2ccc(F)cc2)n1)N(Cc1ccccc1)C1CC1. The van der Waals surface area contributed by atoms with E-state index in [0.29, 0.717) is 13.1 Å². The molecule has 0 unspecified atom stereocenters. The van der Waals surface area contributed by atoms with Gasteiger partial charge in [-0.15, -0.1) is 5.10 Å². The maximum absolute atomic E-state index is 13.1. The van der Waals surface area contributed by atoms with Gasteiger partial charge in [0.15, 0.2) is 0 Å². The van der Waals surface area contributed by atoms with Gasteiger partial charge in [0, 0.05) is 12.6 Å². The molecule has 0 saturated heterocycles. The lowest BCUT2D eigenvalue weighted by Crippen LogP contribution is -2.33. The van der Waals surface area contributed by atoms with Gasteiger partial charge in [-0.2, -0.15) is 4.31 Å². The van der Waals surface area contributed by atoms with Gasteiger partial charge in [0.1, 0.15) is 12.1 Å². The highest BCUT2D eigenvalue weighted by Gasteiger charge is 2.40. The van der Waals surface area contributed by atoms with E-state index in [1.54, 1.807) is 12.1 Å². The van der Waals surface area contributed by atoms with Crippen molar-refractivity contribution in [3.05, 3.63) is 77.9 Å². The lowest BCUT2D eigenvalue weighted by molar-refractivity contribution is 0.394. The molecule has 0 bridgehead atoms. The number of benzene rings is 2. The van der Waals surface area contributed by atoms with E-state index in [9.17, 15) is 12.8 Å². The fourth-order valence-electron chi connectivity index (χ4n) is 2.89. The fourth-order valence-corrected chi connectivity index (χ4v) is 4.41. The number of halogens is 1. The van der Waals surface area contributed by atoms with Crippen molar-refractivity contribution < 1.29 is 12.8 Å². The van der Waals surface area contributed by atoms with Gasteiger partial charge >= 0.3 is 0 Å². The molecule has 1 aromatic heterocycles. The lowest BCUT2D eigenvalue weighted by atomic mass is 10.2. The van der Waals surface area contributed by atoms with E-state index in [1.165, 1.54) is 27.4 Å². The summed E-state index contributed by atoms with van der Waals surface area (Å²) in [5.41, 5.74) is 1.74. The van der Waals surface area contributed by atoms with Crippen molar-refractivity contribution in [2.24, 2.45) is 0 Å². The normalized spacial score (nSPS) is 14.6. The van der Waals surface area contributed by atoms with Crippen LogP contribution in [0.3, 0.4) is 0 Å². The van der Waals surface area contributed by atoms with Crippen LogP contribution < -0.4 is 0 Å². The first-order chi connectivity index (χ1) is 13.0. The zero-order valence-electron chi connectivity index (χ0n) is 14.6. The highest BCUT2D eigenvalue weighted by Crippen LogP contribution is 2.32. The maximum Gasteiger partial charge on any atom is 0.282 e. The summed E-state index contributed by atoms with van der Waals surface area (Å²) in [5, 5.41) is 3.95. The third-order valence-electron chi connectivity index (χ3n) is 4.45. The molecule has 1 saturated carbocycles. The van der Waals surface area contributed by atoms with Gasteiger partial charge in [-0.1, -0.05) is 42.5 Å². The molecule has 0 spiro atoms. The first-order valence-corrected chi connectivity index (χ1v) is 10.2. The molecule has 1 fully saturated rings. The molecule has 6 nitrogen and oxygen atoms in total. The first kappa shape index (κ1) is 17.8. The quantitative estimate of drug-likeness (QED) is 0.626. The van der Waals surface area contributed by atoms with Crippen molar-refractivity contribution in [3.63, 3.8) is 0 Å². The van der Waals surface area contributed by atoms with Crippen LogP contribution in [0.1, 0.15) is 24.0 Å². The molecule has 3 aromatic rings. The molecule has 0 atom stereocenters. The standard InChI is InChI=1S/C19H19FN4O2S/c20-17-8-6-16(7-9-17)12-23-14-21-19(22-23)27(25,26)24(18-10-11-18)13-15-4-2-1-3-5-15/h1-9,14,18H,10-13H2. The van der Waals surface area contributed by atoms with Crippen molar-refractivity contribution in [2.45, 2.75) is 37.1 Å². The number of rotatable bonds is 7. The highest BCUT2D eigenvalue weighted by molar-refractivity contribution is 7.89. The predicted molar refractivity (Wildman–Crippen MR) is 97.7 cm³/mol. The minimum absolute atomic E-state index is 0.000690. The van der Waals surface area contributed by atoms with Crippen LogP contribution in [-0.4, -0.2) is 33.5 Å². The number of aromatic nitrogens is 3. The smallest absolute Gasteiger partial charge is 0.247 e. The zero-order chi connectivity index (χ0) is 18.9. The Morgan fingerprint density at radius 1 is 1.04 bits per heavy atom. The molecule has 8 heteroatoms. The van der Waals surface area contributed by atoms with Crippen LogP contribution in [0.25, 0.3) is 0 Å². The van der Waals surface area contributed by atoms with Crippen molar-refractivity contribution in [1.29, 1.82) is 0 Å². The third-order valence-corrected chi connectivity index (χ3v) is 6.14. The summed E-state index contributed by atoms with van der Waals surface area (Å²) in [6, 6.07) is 15.5. The van der Waals surface area contributed by atoms with Crippen molar-refractivity contribution >= 4 is 10.0 Å². The first-order valence-electron chi connectivity index (χ1n) is 8.72. The molecule has 0 N–H and O–H groups in total. The average Bonchev–Trinajstić information content (AvgIpc) is 3.39. The Morgan fingerprint density at radius 2 is 1.74 bits per heavy atom. The molecule has 1 heterocycles. The van der Waals surface area contributed by atoms with E-state index < -0.39 is 10.0 Å². The van der Waals surface area contributed by atoms with E-state index >= 15 is 0 Å².